The molecular weight excluding hydrogens is 299 g/mol. The zero-order valence-corrected chi connectivity index (χ0v) is 12.9. The van der Waals surface area contributed by atoms with E-state index in [-0.39, 0.29) is 11.7 Å². The summed E-state index contributed by atoms with van der Waals surface area (Å²) in [4.78, 5) is 11.6. The van der Waals surface area contributed by atoms with Gasteiger partial charge in [0.15, 0.2) is 0 Å². The molecule has 0 heterocycles. The molecule has 0 spiro atoms. The van der Waals surface area contributed by atoms with Gasteiger partial charge in [-0.2, -0.15) is 16.9 Å². The van der Waals surface area contributed by atoms with E-state index in [0.29, 0.717) is 5.75 Å². The Kier molecular flexibility index (Phi) is 6.64. The minimum absolute atomic E-state index is 0.142. The number of aryl methyl sites for hydroxylation is 1. The maximum absolute atomic E-state index is 12.7. The minimum Gasteiger partial charge on any atom is -0.272 e. The lowest BCUT2D eigenvalue weighted by atomic mass is 10.2. The number of nitrogens with one attached hydrogen (secondary N) is 1. The predicted molar refractivity (Wildman–Crippen MR) is 89.6 cm³/mol. The van der Waals surface area contributed by atoms with E-state index in [1.54, 1.807) is 23.9 Å². The number of rotatable bonds is 7. The monoisotopic (exact) mass is 316 g/mol. The topological polar surface area (TPSA) is 41.5 Å². The number of halogens is 1. The van der Waals surface area contributed by atoms with Crippen molar-refractivity contribution in [1.82, 2.24) is 5.43 Å². The Hall–Kier alpha value is -2.14. The van der Waals surface area contributed by atoms with Gasteiger partial charge in [-0.15, -0.1) is 0 Å². The molecule has 0 fully saturated rings. The number of hydrogen-bond acceptors (Lipinski definition) is 3. The quantitative estimate of drug-likeness (QED) is 0.484. The third-order valence-corrected chi connectivity index (χ3v) is 3.84. The van der Waals surface area contributed by atoms with E-state index >= 15 is 0 Å². The fourth-order valence-electron chi connectivity index (χ4n) is 1.76. The van der Waals surface area contributed by atoms with Crippen LogP contribution in [0.25, 0.3) is 0 Å². The third kappa shape index (κ3) is 6.10. The smallest absolute Gasteiger partial charge is 0.250 e. The van der Waals surface area contributed by atoms with Crippen LogP contribution in [0.4, 0.5) is 4.39 Å². The molecule has 2 aromatic rings. The largest absolute Gasteiger partial charge is 0.272 e. The van der Waals surface area contributed by atoms with E-state index in [4.69, 9.17) is 0 Å². The summed E-state index contributed by atoms with van der Waals surface area (Å²) in [5.74, 6) is 0.819. The summed E-state index contributed by atoms with van der Waals surface area (Å²) in [5.41, 5.74) is 4.46. The number of hydrazone groups is 1. The number of benzene rings is 2. The van der Waals surface area contributed by atoms with Gasteiger partial charge in [-0.25, -0.2) is 9.82 Å². The molecule has 0 radical (unpaired) electrons. The summed E-state index contributed by atoms with van der Waals surface area (Å²) < 4.78 is 12.7. The number of amides is 1. The van der Waals surface area contributed by atoms with E-state index in [1.807, 2.05) is 18.2 Å². The maximum atomic E-state index is 12.7. The highest BCUT2D eigenvalue weighted by atomic mass is 32.2. The molecule has 1 N–H and O–H groups in total. The average Bonchev–Trinajstić information content (AvgIpc) is 2.54. The lowest BCUT2D eigenvalue weighted by Crippen LogP contribution is -2.20. The molecule has 0 bridgehead atoms. The lowest BCUT2D eigenvalue weighted by Gasteiger charge is -2.01. The van der Waals surface area contributed by atoms with E-state index in [9.17, 15) is 9.18 Å². The summed E-state index contributed by atoms with van der Waals surface area (Å²) in [6.07, 6.45) is 2.43. The van der Waals surface area contributed by atoms with E-state index < -0.39 is 0 Å². The molecule has 22 heavy (non-hydrogen) atoms. The van der Waals surface area contributed by atoms with Crippen molar-refractivity contribution in [3.8, 4) is 0 Å². The van der Waals surface area contributed by atoms with Crippen molar-refractivity contribution in [2.24, 2.45) is 5.10 Å². The second-order valence-corrected chi connectivity index (χ2v) is 5.74. The van der Waals surface area contributed by atoms with Gasteiger partial charge in [0.05, 0.1) is 12.0 Å². The SMILES string of the molecule is O=C(CSCCc1ccccc1)N/N=C\c1ccc(F)cc1. The highest BCUT2D eigenvalue weighted by Crippen LogP contribution is 2.06. The molecule has 5 heteroatoms. The molecule has 0 aliphatic carbocycles. The molecule has 0 unspecified atom stereocenters. The van der Waals surface area contributed by atoms with Gasteiger partial charge in [-0.3, -0.25) is 4.79 Å². The highest BCUT2D eigenvalue weighted by molar-refractivity contribution is 7.99. The van der Waals surface area contributed by atoms with Gasteiger partial charge in [0.25, 0.3) is 0 Å². The van der Waals surface area contributed by atoms with Crippen molar-refractivity contribution in [3.63, 3.8) is 0 Å². The first-order valence-corrected chi connectivity index (χ1v) is 8.08. The van der Waals surface area contributed by atoms with Gasteiger partial charge in [-0.05, 0) is 35.4 Å². The third-order valence-electron chi connectivity index (χ3n) is 2.88. The zero-order chi connectivity index (χ0) is 15.6. The van der Waals surface area contributed by atoms with Gasteiger partial charge in [0.1, 0.15) is 5.82 Å². The Labute approximate surface area is 133 Å². The van der Waals surface area contributed by atoms with Crippen molar-refractivity contribution in [3.05, 3.63) is 71.5 Å². The van der Waals surface area contributed by atoms with Crippen molar-refractivity contribution < 1.29 is 9.18 Å². The molecule has 0 aliphatic heterocycles. The normalized spacial score (nSPS) is 10.8. The predicted octanol–water partition coefficient (Wildman–Crippen LogP) is 3.25. The second-order valence-electron chi connectivity index (χ2n) is 4.63. The number of nitrogens with zero attached hydrogens (tertiary/aromatic N) is 1. The highest BCUT2D eigenvalue weighted by Gasteiger charge is 2.00. The van der Waals surface area contributed by atoms with Crippen LogP contribution in [0.5, 0.6) is 0 Å². The van der Waals surface area contributed by atoms with Gasteiger partial charge in [-0.1, -0.05) is 42.5 Å². The number of carbonyl (C=O) groups excluding carboxylic acids is 1. The van der Waals surface area contributed by atoms with Crippen LogP contribution in [0.2, 0.25) is 0 Å². The molecule has 0 atom stereocenters. The number of hydrogen-bond donors (Lipinski definition) is 1. The van der Waals surface area contributed by atoms with Gasteiger partial charge >= 0.3 is 0 Å². The Morgan fingerprint density at radius 1 is 1.14 bits per heavy atom. The van der Waals surface area contributed by atoms with Crippen LogP contribution in [0.15, 0.2) is 59.7 Å². The van der Waals surface area contributed by atoms with Crippen molar-refractivity contribution >= 4 is 23.9 Å². The second kappa shape index (κ2) is 9.00. The molecule has 0 saturated carbocycles. The Balaban J connectivity index is 1.62. The molecule has 3 nitrogen and oxygen atoms in total. The van der Waals surface area contributed by atoms with Gasteiger partial charge < -0.3 is 0 Å². The molecule has 1 amide bonds. The molecule has 0 aromatic heterocycles. The van der Waals surface area contributed by atoms with Gasteiger partial charge in [0, 0.05) is 0 Å². The van der Waals surface area contributed by atoms with E-state index in [2.05, 4.69) is 22.7 Å². The Morgan fingerprint density at radius 2 is 1.86 bits per heavy atom. The Morgan fingerprint density at radius 3 is 2.59 bits per heavy atom. The summed E-state index contributed by atoms with van der Waals surface area (Å²) in [6.45, 7) is 0. The van der Waals surface area contributed by atoms with Crippen LogP contribution in [-0.4, -0.2) is 23.6 Å². The van der Waals surface area contributed by atoms with Crippen LogP contribution in [0, 0.1) is 5.82 Å². The Bertz CT molecular complexity index is 614. The van der Waals surface area contributed by atoms with E-state index in [1.165, 1.54) is 23.9 Å². The van der Waals surface area contributed by atoms with E-state index in [0.717, 1.165) is 17.7 Å². The van der Waals surface area contributed by atoms with Crippen LogP contribution >= 0.6 is 11.8 Å². The minimum atomic E-state index is -0.295. The first-order chi connectivity index (χ1) is 10.7. The van der Waals surface area contributed by atoms with Crippen LogP contribution < -0.4 is 5.43 Å². The molecule has 2 rings (SSSR count). The average molecular weight is 316 g/mol. The first-order valence-electron chi connectivity index (χ1n) is 6.93. The number of carbonyl (C=O) groups is 1. The molecule has 0 aliphatic rings. The summed E-state index contributed by atoms with van der Waals surface area (Å²) in [5, 5.41) is 3.85. The summed E-state index contributed by atoms with van der Waals surface area (Å²) in [6, 6.07) is 16.1. The standard InChI is InChI=1S/C17H17FN2OS/c18-16-8-6-15(7-9-16)12-19-20-17(21)13-22-11-10-14-4-2-1-3-5-14/h1-9,12H,10-11,13H2,(H,20,21)/b19-12-. The van der Waals surface area contributed by atoms with Crippen LogP contribution in [-0.2, 0) is 11.2 Å². The summed E-state index contributed by atoms with van der Waals surface area (Å²) in [7, 11) is 0. The van der Waals surface area contributed by atoms with Crippen molar-refractivity contribution in [1.29, 1.82) is 0 Å². The van der Waals surface area contributed by atoms with Crippen LogP contribution in [0.3, 0.4) is 0 Å². The van der Waals surface area contributed by atoms with Gasteiger partial charge in [0.2, 0.25) is 5.91 Å². The molecular formula is C17H17FN2OS. The fraction of sp³-hybridized carbons (Fsp3) is 0.176. The van der Waals surface area contributed by atoms with Crippen LogP contribution in [0.1, 0.15) is 11.1 Å². The number of thioether (sulfide) groups is 1. The molecule has 114 valence electrons. The first kappa shape index (κ1) is 16.2. The summed E-state index contributed by atoms with van der Waals surface area (Å²) >= 11 is 1.57. The lowest BCUT2D eigenvalue weighted by molar-refractivity contribution is -0.118. The van der Waals surface area contributed by atoms with Crippen molar-refractivity contribution in [2.45, 2.75) is 6.42 Å². The fourth-order valence-corrected chi connectivity index (χ4v) is 2.53. The van der Waals surface area contributed by atoms with Crippen molar-refractivity contribution in [2.75, 3.05) is 11.5 Å². The maximum Gasteiger partial charge on any atom is 0.250 e. The molecule has 0 saturated heterocycles. The zero-order valence-electron chi connectivity index (χ0n) is 12.0. The molecule has 2 aromatic carbocycles.